The Labute approximate surface area is 160 Å². The zero-order valence-electron chi connectivity index (χ0n) is 14.8. The first-order valence-electron chi connectivity index (χ1n) is 8.21. The number of aromatic nitrogens is 1. The third kappa shape index (κ3) is 3.80. The van der Waals surface area contributed by atoms with Crippen molar-refractivity contribution in [1.82, 2.24) is 4.98 Å². The van der Waals surface area contributed by atoms with Gasteiger partial charge in [-0.15, -0.1) is 0 Å². The van der Waals surface area contributed by atoms with E-state index in [0.29, 0.717) is 12.1 Å². The Bertz CT molecular complexity index is 973. The molecule has 0 amide bonds. The van der Waals surface area contributed by atoms with Gasteiger partial charge >= 0.3 is 5.97 Å². The van der Waals surface area contributed by atoms with Crippen LogP contribution in [0.3, 0.4) is 0 Å². The SMILES string of the molecule is CCOc1ccc2nc(C(=O)OC)cc(Nc3ccc(Br)c(C)c3)c2c1. The van der Waals surface area contributed by atoms with Crippen LogP contribution in [-0.4, -0.2) is 24.7 Å². The molecule has 26 heavy (non-hydrogen) atoms. The first-order valence-corrected chi connectivity index (χ1v) is 9.00. The zero-order chi connectivity index (χ0) is 18.7. The maximum atomic E-state index is 12.0. The van der Waals surface area contributed by atoms with Crippen LogP contribution in [0.1, 0.15) is 23.0 Å². The van der Waals surface area contributed by atoms with Gasteiger partial charge < -0.3 is 14.8 Å². The van der Waals surface area contributed by atoms with E-state index in [1.54, 1.807) is 6.07 Å². The van der Waals surface area contributed by atoms with Crippen LogP contribution in [0, 0.1) is 6.92 Å². The number of hydrogen-bond acceptors (Lipinski definition) is 5. The second-order valence-corrected chi connectivity index (χ2v) is 6.60. The number of benzene rings is 2. The number of aryl methyl sites for hydroxylation is 1. The molecular weight excluding hydrogens is 396 g/mol. The van der Waals surface area contributed by atoms with Crippen molar-refractivity contribution in [3.8, 4) is 5.75 Å². The maximum absolute atomic E-state index is 12.0. The number of fused-ring (bicyclic) bond motifs is 1. The molecule has 134 valence electrons. The van der Waals surface area contributed by atoms with Gasteiger partial charge in [0.25, 0.3) is 0 Å². The fraction of sp³-hybridized carbons (Fsp3) is 0.200. The van der Waals surface area contributed by atoms with E-state index < -0.39 is 5.97 Å². The highest BCUT2D eigenvalue weighted by Gasteiger charge is 2.14. The highest BCUT2D eigenvalue weighted by molar-refractivity contribution is 9.10. The summed E-state index contributed by atoms with van der Waals surface area (Å²) in [5.74, 6) is 0.276. The van der Waals surface area contributed by atoms with E-state index in [-0.39, 0.29) is 5.69 Å². The minimum absolute atomic E-state index is 0.250. The molecule has 1 N–H and O–H groups in total. The summed E-state index contributed by atoms with van der Waals surface area (Å²) in [4.78, 5) is 16.4. The molecule has 2 aromatic carbocycles. The molecular formula is C20H19BrN2O3. The van der Waals surface area contributed by atoms with E-state index in [1.807, 2.05) is 50.2 Å². The molecule has 5 nitrogen and oxygen atoms in total. The molecule has 0 bridgehead atoms. The van der Waals surface area contributed by atoms with Crippen molar-refractivity contribution in [3.05, 3.63) is 58.2 Å². The minimum Gasteiger partial charge on any atom is -0.494 e. The Morgan fingerprint density at radius 2 is 2.00 bits per heavy atom. The molecule has 3 aromatic rings. The standard InChI is InChI=1S/C20H19BrN2O3/c1-4-26-14-6-8-17-15(10-14)18(11-19(23-17)20(24)25-3)22-13-5-7-16(21)12(2)9-13/h5-11H,4H2,1-3H3,(H,22,23). The number of anilines is 2. The summed E-state index contributed by atoms with van der Waals surface area (Å²) in [7, 11) is 1.34. The Balaban J connectivity index is 2.13. The summed E-state index contributed by atoms with van der Waals surface area (Å²) in [5, 5.41) is 4.24. The number of methoxy groups -OCH3 is 1. The smallest absolute Gasteiger partial charge is 0.356 e. The fourth-order valence-electron chi connectivity index (χ4n) is 2.65. The Kier molecular flexibility index (Phi) is 5.42. The van der Waals surface area contributed by atoms with Gasteiger partial charge in [0.05, 0.1) is 24.9 Å². The van der Waals surface area contributed by atoms with Crippen LogP contribution in [0.5, 0.6) is 5.75 Å². The average molecular weight is 415 g/mol. The molecule has 0 unspecified atom stereocenters. The lowest BCUT2D eigenvalue weighted by molar-refractivity contribution is 0.0594. The van der Waals surface area contributed by atoms with Crippen molar-refractivity contribution in [2.75, 3.05) is 19.0 Å². The molecule has 0 saturated carbocycles. The predicted molar refractivity (Wildman–Crippen MR) is 106 cm³/mol. The molecule has 0 aliphatic rings. The highest BCUT2D eigenvalue weighted by Crippen LogP contribution is 2.31. The van der Waals surface area contributed by atoms with Crippen LogP contribution in [0.4, 0.5) is 11.4 Å². The Hall–Kier alpha value is -2.60. The van der Waals surface area contributed by atoms with Crippen LogP contribution in [0.15, 0.2) is 46.9 Å². The van der Waals surface area contributed by atoms with Gasteiger partial charge in [0, 0.05) is 15.5 Å². The molecule has 0 atom stereocenters. The van der Waals surface area contributed by atoms with Crippen molar-refractivity contribution in [1.29, 1.82) is 0 Å². The molecule has 1 aromatic heterocycles. The number of nitrogens with zero attached hydrogens (tertiary/aromatic N) is 1. The molecule has 0 aliphatic heterocycles. The van der Waals surface area contributed by atoms with Gasteiger partial charge in [-0.2, -0.15) is 0 Å². The lowest BCUT2D eigenvalue weighted by Gasteiger charge is -2.13. The van der Waals surface area contributed by atoms with Crippen LogP contribution < -0.4 is 10.1 Å². The first-order chi connectivity index (χ1) is 12.5. The maximum Gasteiger partial charge on any atom is 0.356 e. The van der Waals surface area contributed by atoms with Crippen LogP contribution in [-0.2, 0) is 4.74 Å². The summed E-state index contributed by atoms with van der Waals surface area (Å²) in [6, 6.07) is 13.3. The van der Waals surface area contributed by atoms with Crippen LogP contribution in [0.2, 0.25) is 0 Å². The van der Waals surface area contributed by atoms with Crippen molar-refractivity contribution < 1.29 is 14.3 Å². The normalized spacial score (nSPS) is 10.6. The summed E-state index contributed by atoms with van der Waals surface area (Å²) in [6.45, 7) is 4.54. The number of hydrogen-bond donors (Lipinski definition) is 1. The average Bonchev–Trinajstić information content (AvgIpc) is 2.64. The van der Waals surface area contributed by atoms with Gasteiger partial charge in [0.1, 0.15) is 5.75 Å². The number of carbonyl (C=O) groups excluding carboxylic acids is 1. The molecule has 3 rings (SSSR count). The molecule has 0 radical (unpaired) electrons. The van der Waals surface area contributed by atoms with E-state index in [9.17, 15) is 4.79 Å². The summed E-state index contributed by atoms with van der Waals surface area (Å²) < 4.78 is 11.5. The predicted octanol–water partition coefficient (Wildman–Crippen LogP) is 5.23. The van der Waals surface area contributed by atoms with Gasteiger partial charge in [-0.25, -0.2) is 9.78 Å². The number of ether oxygens (including phenoxy) is 2. The Morgan fingerprint density at radius 1 is 1.19 bits per heavy atom. The topological polar surface area (TPSA) is 60.5 Å². The monoisotopic (exact) mass is 414 g/mol. The van der Waals surface area contributed by atoms with Crippen molar-refractivity contribution in [3.63, 3.8) is 0 Å². The largest absolute Gasteiger partial charge is 0.494 e. The number of rotatable bonds is 5. The highest BCUT2D eigenvalue weighted by atomic mass is 79.9. The van der Waals surface area contributed by atoms with Gasteiger partial charge in [-0.1, -0.05) is 15.9 Å². The summed E-state index contributed by atoms with van der Waals surface area (Å²) >= 11 is 3.51. The molecule has 0 fully saturated rings. The van der Waals surface area contributed by atoms with Gasteiger partial charge in [-0.3, -0.25) is 0 Å². The number of esters is 1. The van der Waals surface area contributed by atoms with E-state index >= 15 is 0 Å². The molecule has 0 saturated heterocycles. The lowest BCUT2D eigenvalue weighted by atomic mass is 10.1. The lowest BCUT2D eigenvalue weighted by Crippen LogP contribution is -2.06. The third-order valence-electron chi connectivity index (χ3n) is 3.92. The van der Waals surface area contributed by atoms with E-state index in [4.69, 9.17) is 9.47 Å². The van der Waals surface area contributed by atoms with E-state index in [0.717, 1.165) is 32.5 Å². The van der Waals surface area contributed by atoms with Crippen LogP contribution >= 0.6 is 15.9 Å². The number of pyridine rings is 1. The number of halogens is 1. The zero-order valence-corrected chi connectivity index (χ0v) is 16.4. The fourth-order valence-corrected chi connectivity index (χ4v) is 2.90. The quantitative estimate of drug-likeness (QED) is 0.578. The van der Waals surface area contributed by atoms with Gasteiger partial charge in [0.2, 0.25) is 0 Å². The van der Waals surface area contributed by atoms with E-state index in [1.165, 1.54) is 7.11 Å². The van der Waals surface area contributed by atoms with Gasteiger partial charge in [0.15, 0.2) is 5.69 Å². The minimum atomic E-state index is -0.476. The second kappa shape index (κ2) is 7.74. The molecule has 0 aliphatic carbocycles. The molecule has 6 heteroatoms. The van der Waals surface area contributed by atoms with Gasteiger partial charge in [-0.05, 0) is 61.9 Å². The first kappa shape index (κ1) is 18.2. The molecule has 0 spiro atoms. The summed E-state index contributed by atoms with van der Waals surface area (Å²) in [6.07, 6.45) is 0. The number of nitrogens with one attached hydrogen (secondary N) is 1. The Morgan fingerprint density at radius 3 is 2.69 bits per heavy atom. The molecule has 1 heterocycles. The summed E-state index contributed by atoms with van der Waals surface area (Å²) in [5.41, 5.74) is 3.72. The van der Waals surface area contributed by atoms with Crippen LogP contribution in [0.25, 0.3) is 10.9 Å². The second-order valence-electron chi connectivity index (χ2n) is 5.75. The third-order valence-corrected chi connectivity index (χ3v) is 4.81. The number of carbonyl (C=O) groups is 1. The van der Waals surface area contributed by atoms with Crippen molar-refractivity contribution in [2.24, 2.45) is 0 Å². The van der Waals surface area contributed by atoms with Crippen molar-refractivity contribution >= 4 is 44.2 Å². The van der Waals surface area contributed by atoms with Crippen molar-refractivity contribution in [2.45, 2.75) is 13.8 Å². The van der Waals surface area contributed by atoms with E-state index in [2.05, 4.69) is 26.2 Å².